The van der Waals surface area contributed by atoms with Crippen LogP contribution in [0.4, 0.5) is 0 Å². The van der Waals surface area contributed by atoms with Gasteiger partial charge in [-0.2, -0.15) is 5.10 Å². The Morgan fingerprint density at radius 1 is 1.07 bits per heavy atom. The molecule has 0 atom stereocenters. The van der Waals surface area contributed by atoms with Crippen LogP contribution in [0.3, 0.4) is 0 Å². The van der Waals surface area contributed by atoms with Gasteiger partial charge in [0.05, 0.1) is 11.4 Å². The number of nitrogens with one attached hydrogen (secondary N) is 2. The lowest BCUT2D eigenvalue weighted by molar-refractivity contribution is -0.116. The molecule has 1 heterocycles. The molecule has 1 aromatic heterocycles. The fourth-order valence-corrected chi connectivity index (χ4v) is 3.29. The van der Waals surface area contributed by atoms with Gasteiger partial charge in [-0.05, 0) is 41.9 Å². The van der Waals surface area contributed by atoms with E-state index in [0.29, 0.717) is 13.1 Å². The Morgan fingerprint density at radius 2 is 1.76 bits per heavy atom. The summed E-state index contributed by atoms with van der Waals surface area (Å²) in [4.78, 5) is 16.1. The number of rotatable bonds is 8. The van der Waals surface area contributed by atoms with E-state index in [2.05, 4.69) is 20.1 Å². The molecule has 0 aliphatic heterocycles. The lowest BCUT2D eigenvalue weighted by atomic mass is 10.1. The van der Waals surface area contributed by atoms with Crippen molar-refractivity contribution in [2.45, 2.75) is 18.0 Å². The first-order valence-corrected chi connectivity index (χ1v) is 10.3. The molecule has 9 heteroatoms. The summed E-state index contributed by atoms with van der Waals surface area (Å²) in [6, 6.07) is 14.1. The Kier molecular flexibility index (Phi) is 6.53. The molecule has 0 radical (unpaired) electrons. The van der Waals surface area contributed by atoms with Crippen LogP contribution in [0.2, 0.25) is 0 Å². The summed E-state index contributed by atoms with van der Waals surface area (Å²) in [7, 11) is -2.11. The molecule has 0 bridgehead atoms. The molecule has 1 amide bonds. The van der Waals surface area contributed by atoms with Crippen molar-refractivity contribution in [2.75, 3.05) is 7.05 Å². The summed E-state index contributed by atoms with van der Waals surface area (Å²) in [6.45, 7) is 1.05. The molecule has 150 valence electrons. The van der Waals surface area contributed by atoms with E-state index in [9.17, 15) is 13.2 Å². The minimum Gasteiger partial charge on any atom is -0.348 e. The molecule has 3 rings (SSSR count). The average molecular weight is 411 g/mol. The summed E-state index contributed by atoms with van der Waals surface area (Å²) < 4.78 is 27.4. The summed E-state index contributed by atoms with van der Waals surface area (Å²) in [5, 5.41) is 6.89. The second-order valence-corrected chi connectivity index (χ2v) is 8.12. The van der Waals surface area contributed by atoms with E-state index in [1.165, 1.54) is 31.6 Å². The van der Waals surface area contributed by atoms with Crippen molar-refractivity contribution in [2.24, 2.45) is 0 Å². The minimum absolute atomic E-state index is 0.175. The number of amides is 1. The van der Waals surface area contributed by atoms with Crippen LogP contribution >= 0.6 is 0 Å². The SMILES string of the molecule is CNS(=O)(=O)c1ccc(/C=C/C(=O)NCc2ccc(Cn3cncn3)cc2)cc1. The van der Waals surface area contributed by atoms with Gasteiger partial charge in [-0.15, -0.1) is 0 Å². The topological polar surface area (TPSA) is 106 Å². The maximum atomic E-state index is 12.0. The van der Waals surface area contributed by atoms with Crippen molar-refractivity contribution < 1.29 is 13.2 Å². The van der Waals surface area contributed by atoms with Gasteiger partial charge in [-0.25, -0.2) is 22.8 Å². The molecular formula is C20H21N5O3S. The van der Waals surface area contributed by atoms with Gasteiger partial charge < -0.3 is 5.32 Å². The van der Waals surface area contributed by atoms with E-state index in [1.807, 2.05) is 24.3 Å². The molecule has 3 aromatic rings. The molecule has 0 aliphatic rings. The molecule has 0 fully saturated rings. The van der Waals surface area contributed by atoms with E-state index < -0.39 is 10.0 Å². The van der Waals surface area contributed by atoms with Crippen LogP contribution in [-0.2, 0) is 27.9 Å². The van der Waals surface area contributed by atoms with Crippen LogP contribution in [0.15, 0.2) is 72.2 Å². The van der Waals surface area contributed by atoms with Crippen LogP contribution in [0.1, 0.15) is 16.7 Å². The van der Waals surface area contributed by atoms with Crippen molar-refractivity contribution >= 4 is 22.0 Å². The van der Waals surface area contributed by atoms with Crippen LogP contribution in [0.25, 0.3) is 6.08 Å². The van der Waals surface area contributed by atoms with Crippen LogP contribution in [0.5, 0.6) is 0 Å². The molecular weight excluding hydrogens is 390 g/mol. The summed E-state index contributed by atoms with van der Waals surface area (Å²) >= 11 is 0. The first-order valence-electron chi connectivity index (χ1n) is 8.86. The third kappa shape index (κ3) is 5.84. The van der Waals surface area contributed by atoms with Gasteiger partial charge >= 0.3 is 0 Å². The Morgan fingerprint density at radius 3 is 2.38 bits per heavy atom. The van der Waals surface area contributed by atoms with Crippen molar-refractivity contribution in [3.63, 3.8) is 0 Å². The molecule has 0 aliphatic carbocycles. The third-order valence-electron chi connectivity index (χ3n) is 4.19. The third-order valence-corrected chi connectivity index (χ3v) is 5.62. The van der Waals surface area contributed by atoms with Gasteiger partial charge in [-0.1, -0.05) is 36.4 Å². The standard InChI is InChI=1S/C20H21N5O3S/c1-21-29(27,28)19-9-6-16(7-10-19)8-11-20(26)23-12-17-2-4-18(5-3-17)13-25-15-22-14-24-25/h2-11,14-15,21H,12-13H2,1H3,(H,23,26)/b11-8+. The molecule has 0 unspecified atom stereocenters. The predicted octanol–water partition coefficient (Wildman–Crippen LogP) is 1.56. The maximum Gasteiger partial charge on any atom is 0.244 e. The molecule has 0 spiro atoms. The number of nitrogens with zero attached hydrogens (tertiary/aromatic N) is 3. The molecule has 2 N–H and O–H groups in total. The highest BCUT2D eigenvalue weighted by Crippen LogP contribution is 2.11. The van der Waals surface area contributed by atoms with Crippen molar-refractivity contribution in [3.8, 4) is 0 Å². The molecule has 2 aromatic carbocycles. The summed E-state index contributed by atoms with van der Waals surface area (Å²) in [5.41, 5.74) is 2.80. The maximum absolute atomic E-state index is 12.0. The van der Waals surface area contributed by atoms with E-state index in [4.69, 9.17) is 0 Å². The van der Waals surface area contributed by atoms with Gasteiger partial charge in [0.2, 0.25) is 15.9 Å². The normalized spacial score (nSPS) is 11.6. The lowest BCUT2D eigenvalue weighted by Crippen LogP contribution is -2.20. The summed E-state index contributed by atoms with van der Waals surface area (Å²) in [6.07, 6.45) is 6.21. The summed E-state index contributed by atoms with van der Waals surface area (Å²) in [5.74, 6) is -0.233. The second kappa shape index (κ2) is 9.26. The van der Waals surface area contributed by atoms with Gasteiger partial charge in [0.15, 0.2) is 0 Å². The van der Waals surface area contributed by atoms with Crippen LogP contribution < -0.4 is 10.0 Å². The fourth-order valence-electron chi connectivity index (χ4n) is 2.56. The number of hydrogen-bond donors (Lipinski definition) is 2. The van der Waals surface area contributed by atoms with Crippen molar-refractivity contribution in [1.29, 1.82) is 0 Å². The van der Waals surface area contributed by atoms with E-state index in [0.717, 1.165) is 16.7 Å². The monoisotopic (exact) mass is 411 g/mol. The van der Waals surface area contributed by atoms with E-state index in [-0.39, 0.29) is 10.8 Å². The zero-order valence-electron chi connectivity index (χ0n) is 15.8. The number of carbonyl (C=O) groups excluding carboxylic acids is 1. The fraction of sp³-hybridized carbons (Fsp3) is 0.150. The Labute approximate surface area is 169 Å². The lowest BCUT2D eigenvalue weighted by Gasteiger charge is -2.05. The molecule has 0 saturated heterocycles. The Balaban J connectivity index is 1.50. The quantitative estimate of drug-likeness (QED) is 0.547. The zero-order chi connectivity index (χ0) is 20.7. The number of benzene rings is 2. The average Bonchev–Trinajstić information content (AvgIpc) is 3.25. The predicted molar refractivity (Wildman–Crippen MR) is 109 cm³/mol. The van der Waals surface area contributed by atoms with Gasteiger partial charge in [0, 0.05) is 12.6 Å². The number of aromatic nitrogens is 3. The van der Waals surface area contributed by atoms with Crippen LogP contribution in [-0.4, -0.2) is 36.1 Å². The minimum atomic E-state index is -3.46. The Hall–Kier alpha value is -3.30. The first-order chi connectivity index (χ1) is 14.0. The van der Waals surface area contributed by atoms with Crippen molar-refractivity contribution in [3.05, 3.63) is 84.0 Å². The van der Waals surface area contributed by atoms with Crippen molar-refractivity contribution in [1.82, 2.24) is 24.8 Å². The molecule has 0 saturated carbocycles. The van der Waals surface area contributed by atoms with Gasteiger partial charge in [0.25, 0.3) is 0 Å². The number of sulfonamides is 1. The second-order valence-electron chi connectivity index (χ2n) is 6.24. The van der Waals surface area contributed by atoms with E-state index in [1.54, 1.807) is 29.2 Å². The highest BCUT2D eigenvalue weighted by atomic mass is 32.2. The molecule has 8 nitrogen and oxygen atoms in total. The highest BCUT2D eigenvalue weighted by Gasteiger charge is 2.09. The number of carbonyl (C=O) groups is 1. The van der Waals surface area contributed by atoms with Crippen LogP contribution in [0, 0.1) is 0 Å². The molecule has 29 heavy (non-hydrogen) atoms. The highest BCUT2D eigenvalue weighted by molar-refractivity contribution is 7.89. The largest absolute Gasteiger partial charge is 0.348 e. The first kappa shape index (κ1) is 20.4. The Bertz CT molecular complexity index is 1070. The van der Waals surface area contributed by atoms with Gasteiger partial charge in [-0.3, -0.25) is 4.79 Å². The zero-order valence-corrected chi connectivity index (χ0v) is 16.6. The van der Waals surface area contributed by atoms with Gasteiger partial charge in [0.1, 0.15) is 12.7 Å². The number of hydrogen-bond acceptors (Lipinski definition) is 5. The van der Waals surface area contributed by atoms with E-state index >= 15 is 0 Å². The smallest absolute Gasteiger partial charge is 0.244 e.